The zero-order valence-corrected chi connectivity index (χ0v) is 14.8. The van der Waals surface area contributed by atoms with Crippen molar-refractivity contribution in [2.45, 2.75) is 13.0 Å². The van der Waals surface area contributed by atoms with Crippen LogP contribution >= 0.6 is 11.3 Å². The molecule has 26 heavy (non-hydrogen) atoms. The molecule has 134 valence electrons. The number of hydrogen-bond acceptors (Lipinski definition) is 7. The number of amides is 1. The van der Waals surface area contributed by atoms with E-state index in [0.29, 0.717) is 23.2 Å². The number of rotatable bonds is 5. The van der Waals surface area contributed by atoms with Crippen molar-refractivity contribution >= 4 is 32.6 Å². The van der Waals surface area contributed by atoms with Crippen molar-refractivity contribution in [3.8, 4) is 17.2 Å². The Bertz CT molecular complexity index is 943. The molecule has 7 nitrogen and oxygen atoms in total. The lowest BCUT2D eigenvalue weighted by Crippen LogP contribution is -2.45. The highest BCUT2D eigenvalue weighted by Crippen LogP contribution is 2.32. The number of hydrazine groups is 1. The molecule has 2 aromatic carbocycles. The summed E-state index contributed by atoms with van der Waals surface area (Å²) in [6.45, 7) is 2.64. The van der Waals surface area contributed by atoms with Crippen molar-refractivity contribution in [3.05, 3.63) is 42.5 Å². The molecule has 0 saturated heterocycles. The van der Waals surface area contributed by atoms with E-state index >= 15 is 0 Å². The van der Waals surface area contributed by atoms with E-state index in [0.717, 1.165) is 16.0 Å². The SMILES string of the molecule is CCOc1cccc2sc(NNC(=O)C3COc4ccccc4O3)nc12. The summed E-state index contributed by atoms with van der Waals surface area (Å²) in [4.78, 5) is 16.8. The van der Waals surface area contributed by atoms with E-state index in [2.05, 4.69) is 15.8 Å². The Balaban J connectivity index is 1.42. The maximum absolute atomic E-state index is 12.3. The van der Waals surface area contributed by atoms with Crippen molar-refractivity contribution in [3.63, 3.8) is 0 Å². The summed E-state index contributed by atoms with van der Waals surface area (Å²) >= 11 is 1.43. The predicted molar refractivity (Wildman–Crippen MR) is 98.9 cm³/mol. The molecule has 1 aliphatic heterocycles. The highest BCUT2D eigenvalue weighted by Gasteiger charge is 2.27. The van der Waals surface area contributed by atoms with Crippen molar-refractivity contribution in [2.75, 3.05) is 18.6 Å². The van der Waals surface area contributed by atoms with Gasteiger partial charge in [-0.25, -0.2) is 4.98 Å². The van der Waals surface area contributed by atoms with Gasteiger partial charge in [0.1, 0.15) is 17.9 Å². The molecule has 8 heteroatoms. The van der Waals surface area contributed by atoms with Crippen LogP contribution in [0.4, 0.5) is 5.13 Å². The summed E-state index contributed by atoms with van der Waals surface area (Å²) in [6.07, 6.45) is -0.731. The first-order valence-corrected chi connectivity index (χ1v) is 9.03. The second-order valence-corrected chi connectivity index (χ2v) is 6.56. The van der Waals surface area contributed by atoms with E-state index in [1.807, 2.05) is 37.3 Å². The minimum Gasteiger partial charge on any atom is -0.492 e. The van der Waals surface area contributed by atoms with Gasteiger partial charge < -0.3 is 14.2 Å². The van der Waals surface area contributed by atoms with Crippen molar-refractivity contribution in [2.24, 2.45) is 0 Å². The number of anilines is 1. The van der Waals surface area contributed by atoms with Crippen LogP contribution in [0.1, 0.15) is 6.92 Å². The van der Waals surface area contributed by atoms with Gasteiger partial charge in [0.2, 0.25) is 11.2 Å². The van der Waals surface area contributed by atoms with Crippen LogP contribution in [0.3, 0.4) is 0 Å². The standard InChI is InChI=1S/C18H17N3O4S/c1-2-23-13-8-5-9-15-16(13)19-18(26-15)21-20-17(22)14-10-24-11-6-3-4-7-12(11)25-14/h3-9,14H,2,10H2,1H3,(H,19,21)(H,20,22). The minimum atomic E-state index is -0.731. The van der Waals surface area contributed by atoms with Gasteiger partial charge in [-0.1, -0.05) is 29.5 Å². The van der Waals surface area contributed by atoms with E-state index in [-0.39, 0.29) is 12.5 Å². The molecular formula is C18H17N3O4S. The lowest BCUT2D eigenvalue weighted by molar-refractivity contribution is -0.129. The Morgan fingerprint density at radius 2 is 2.12 bits per heavy atom. The molecule has 1 atom stereocenters. The number of para-hydroxylation sites is 3. The number of nitrogens with one attached hydrogen (secondary N) is 2. The number of hydrogen-bond donors (Lipinski definition) is 2. The molecule has 1 amide bonds. The molecule has 0 spiro atoms. The van der Waals surface area contributed by atoms with Gasteiger partial charge in [-0.2, -0.15) is 0 Å². The van der Waals surface area contributed by atoms with Gasteiger partial charge in [0.25, 0.3) is 5.91 Å². The summed E-state index contributed by atoms with van der Waals surface area (Å²) in [7, 11) is 0. The first-order chi connectivity index (χ1) is 12.7. The topological polar surface area (TPSA) is 81.7 Å². The number of benzene rings is 2. The number of thiazole rings is 1. The summed E-state index contributed by atoms with van der Waals surface area (Å²) in [6, 6.07) is 13.0. The average Bonchev–Trinajstić information content (AvgIpc) is 3.10. The lowest BCUT2D eigenvalue weighted by atomic mass is 10.2. The van der Waals surface area contributed by atoms with Crippen LogP contribution in [0, 0.1) is 0 Å². The van der Waals surface area contributed by atoms with Gasteiger partial charge in [-0.3, -0.25) is 15.6 Å². The van der Waals surface area contributed by atoms with Crippen molar-refractivity contribution in [1.82, 2.24) is 10.4 Å². The summed E-state index contributed by atoms with van der Waals surface area (Å²) in [5.74, 6) is 1.59. The fourth-order valence-electron chi connectivity index (χ4n) is 2.59. The second kappa shape index (κ2) is 7.09. The van der Waals surface area contributed by atoms with Gasteiger partial charge in [0.05, 0.1) is 11.3 Å². The number of aromatic nitrogens is 1. The highest BCUT2D eigenvalue weighted by molar-refractivity contribution is 7.22. The van der Waals surface area contributed by atoms with Crippen molar-refractivity contribution < 1.29 is 19.0 Å². The van der Waals surface area contributed by atoms with E-state index in [4.69, 9.17) is 14.2 Å². The molecule has 1 unspecified atom stereocenters. The molecular weight excluding hydrogens is 354 g/mol. The lowest BCUT2D eigenvalue weighted by Gasteiger charge is -2.25. The van der Waals surface area contributed by atoms with Gasteiger partial charge in [0, 0.05) is 0 Å². The Labute approximate surface area is 153 Å². The predicted octanol–water partition coefficient (Wildman–Crippen LogP) is 2.98. The number of carbonyl (C=O) groups is 1. The number of carbonyl (C=O) groups excluding carboxylic acids is 1. The quantitative estimate of drug-likeness (QED) is 0.671. The maximum Gasteiger partial charge on any atom is 0.283 e. The van der Waals surface area contributed by atoms with E-state index in [1.54, 1.807) is 12.1 Å². The second-order valence-electron chi connectivity index (χ2n) is 5.53. The third kappa shape index (κ3) is 3.23. The summed E-state index contributed by atoms with van der Waals surface area (Å²) < 4.78 is 17.8. The molecule has 4 rings (SSSR count). The minimum absolute atomic E-state index is 0.152. The van der Waals surface area contributed by atoms with E-state index in [9.17, 15) is 4.79 Å². The summed E-state index contributed by atoms with van der Waals surface area (Å²) in [5, 5.41) is 0.567. The Kier molecular flexibility index (Phi) is 4.49. The fourth-order valence-corrected chi connectivity index (χ4v) is 3.43. The van der Waals surface area contributed by atoms with Gasteiger partial charge in [-0.15, -0.1) is 0 Å². The zero-order chi connectivity index (χ0) is 17.9. The van der Waals surface area contributed by atoms with Crippen LogP contribution in [0.25, 0.3) is 10.2 Å². The number of fused-ring (bicyclic) bond motifs is 2. The molecule has 3 aromatic rings. The van der Waals surface area contributed by atoms with Gasteiger partial charge in [0.15, 0.2) is 11.5 Å². The zero-order valence-electron chi connectivity index (χ0n) is 14.0. The first kappa shape index (κ1) is 16.5. The van der Waals surface area contributed by atoms with Crippen LogP contribution < -0.4 is 25.1 Å². The molecule has 2 heterocycles. The monoisotopic (exact) mass is 371 g/mol. The Morgan fingerprint density at radius 1 is 1.27 bits per heavy atom. The Morgan fingerprint density at radius 3 is 2.96 bits per heavy atom. The fraction of sp³-hybridized carbons (Fsp3) is 0.222. The smallest absolute Gasteiger partial charge is 0.283 e. The van der Waals surface area contributed by atoms with Crippen LogP contribution in [0.15, 0.2) is 42.5 Å². The highest BCUT2D eigenvalue weighted by atomic mass is 32.1. The largest absolute Gasteiger partial charge is 0.492 e. The van der Waals surface area contributed by atoms with Crippen LogP contribution in [-0.4, -0.2) is 30.2 Å². The van der Waals surface area contributed by atoms with E-state index < -0.39 is 6.10 Å². The molecule has 0 fully saturated rings. The molecule has 2 N–H and O–H groups in total. The molecule has 0 bridgehead atoms. The van der Waals surface area contributed by atoms with Crippen LogP contribution in [0.2, 0.25) is 0 Å². The van der Waals surface area contributed by atoms with E-state index in [1.165, 1.54) is 11.3 Å². The van der Waals surface area contributed by atoms with Gasteiger partial charge in [-0.05, 0) is 31.2 Å². The Hall–Kier alpha value is -3.00. The molecule has 0 radical (unpaired) electrons. The molecule has 1 aliphatic rings. The maximum atomic E-state index is 12.3. The molecule has 0 saturated carbocycles. The van der Waals surface area contributed by atoms with Gasteiger partial charge >= 0.3 is 0 Å². The average molecular weight is 371 g/mol. The third-order valence-corrected chi connectivity index (χ3v) is 4.71. The van der Waals surface area contributed by atoms with Crippen LogP contribution in [-0.2, 0) is 4.79 Å². The third-order valence-electron chi connectivity index (χ3n) is 3.78. The van der Waals surface area contributed by atoms with Crippen molar-refractivity contribution in [1.29, 1.82) is 0 Å². The number of ether oxygens (including phenoxy) is 3. The molecule has 0 aliphatic carbocycles. The number of nitrogens with zero attached hydrogens (tertiary/aromatic N) is 1. The van der Waals surface area contributed by atoms with Crippen LogP contribution in [0.5, 0.6) is 17.2 Å². The molecule has 1 aromatic heterocycles. The normalized spacial score (nSPS) is 15.5. The first-order valence-electron chi connectivity index (χ1n) is 8.21. The summed E-state index contributed by atoms with van der Waals surface area (Å²) in [5.41, 5.74) is 6.23.